The summed E-state index contributed by atoms with van der Waals surface area (Å²) in [4.78, 5) is 70.4. The second kappa shape index (κ2) is 12.3. The van der Waals surface area contributed by atoms with E-state index in [1.165, 1.54) is 53.5 Å². The van der Waals surface area contributed by atoms with Crippen LogP contribution in [0.15, 0.2) is 56.4 Å². The van der Waals surface area contributed by atoms with Crippen molar-refractivity contribution < 1.29 is 28.9 Å². The third kappa shape index (κ3) is 4.75. The van der Waals surface area contributed by atoms with Crippen molar-refractivity contribution in [2.24, 2.45) is 7.05 Å². The van der Waals surface area contributed by atoms with Gasteiger partial charge in [-0.15, -0.1) is 23.2 Å². The molecule has 1 N–H and O–H groups in total. The number of fused-ring (bicyclic) bond motifs is 5. The molecule has 4 aromatic rings. The minimum absolute atomic E-state index is 0.0706. The zero-order chi connectivity index (χ0) is 36.7. The van der Waals surface area contributed by atoms with Gasteiger partial charge in [0.2, 0.25) is 0 Å². The van der Waals surface area contributed by atoms with E-state index in [1.807, 2.05) is 0 Å². The second-order valence-corrected chi connectivity index (χ2v) is 14.2. The molecule has 0 bridgehead atoms. The van der Waals surface area contributed by atoms with Gasteiger partial charge in [0.25, 0.3) is 17.4 Å². The second-order valence-electron chi connectivity index (χ2n) is 12.5. The van der Waals surface area contributed by atoms with Gasteiger partial charge in [0.15, 0.2) is 21.2 Å². The van der Waals surface area contributed by atoms with Crippen LogP contribution in [0.25, 0.3) is 11.0 Å². The summed E-state index contributed by atoms with van der Waals surface area (Å²) < 4.78 is 21.0. The van der Waals surface area contributed by atoms with Gasteiger partial charge in [0, 0.05) is 50.0 Å². The number of ether oxygens (including phenoxy) is 3. The Balaban J connectivity index is 1.33. The number of hydrogen-bond donors (Lipinski definition) is 1. The number of hydrogen-bond acceptors (Lipinski definition) is 10. The Kier molecular flexibility index (Phi) is 8.42. The van der Waals surface area contributed by atoms with Gasteiger partial charge in [-0.05, 0) is 23.8 Å². The van der Waals surface area contributed by atoms with Crippen molar-refractivity contribution in [3.63, 3.8) is 0 Å². The Labute approximate surface area is 307 Å². The number of aromatic hydroxyl groups is 1. The molecule has 18 heteroatoms. The third-order valence-corrected chi connectivity index (χ3v) is 12.0. The number of imide groups is 1. The molecule has 4 atom stereocenters. The average molecular weight is 806 g/mol. The lowest BCUT2D eigenvalue weighted by Gasteiger charge is -2.49. The number of phenolic OH excluding ortho intramolecular Hbond substituents is 1. The summed E-state index contributed by atoms with van der Waals surface area (Å²) in [5, 5.41) is 11.1. The fourth-order valence-corrected chi connectivity index (χ4v) is 8.98. The highest BCUT2D eigenvalue weighted by molar-refractivity contribution is 9.09. The van der Waals surface area contributed by atoms with E-state index in [0.717, 1.165) is 9.47 Å². The van der Waals surface area contributed by atoms with Crippen LogP contribution in [0.3, 0.4) is 0 Å². The number of benzene rings is 2. The quantitative estimate of drug-likeness (QED) is 0.121. The van der Waals surface area contributed by atoms with E-state index < -0.39 is 50.5 Å². The molecule has 1 saturated heterocycles. The topological polar surface area (TPSA) is 169 Å². The fraction of sp³-hybridized carbons (Fsp3) is 0.394. The first-order valence-electron chi connectivity index (χ1n) is 15.7. The average Bonchev–Trinajstić information content (AvgIpc) is 3.45. The number of allylic oxidation sites excluding steroid dienone is 2. The van der Waals surface area contributed by atoms with Crippen molar-refractivity contribution in [2.45, 2.75) is 47.6 Å². The van der Waals surface area contributed by atoms with Crippen molar-refractivity contribution in [3.8, 4) is 23.0 Å². The van der Waals surface area contributed by atoms with Gasteiger partial charge in [-0.25, -0.2) is 28.5 Å². The summed E-state index contributed by atoms with van der Waals surface area (Å²) in [6.07, 6.45) is 1.27. The van der Waals surface area contributed by atoms with Crippen molar-refractivity contribution >= 4 is 62.0 Å². The number of carbonyl (C=O) groups excluding carboxylic acids is 2. The van der Waals surface area contributed by atoms with Crippen molar-refractivity contribution in [1.82, 2.24) is 28.4 Å². The summed E-state index contributed by atoms with van der Waals surface area (Å²) in [5.74, 6) is -1.86. The van der Waals surface area contributed by atoms with Crippen LogP contribution < -0.4 is 31.1 Å². The molecule has 0 spiro atoms. The van der Waals surface area contributed by atoms with E-state index in [4.69, 9.17) is 37.4 Å². The van der Waals surface area contributed by atoms with E-state index in [2.05, 4.69) is 20.9 Å². The molecule has 0 unspecified atom stereocenters. The van der Waals surface area contributed by atoms with Crippen molar-refractivity contribution in [1.29, 1.82) is 0 Å². The number of phenols is 1. The third-order valence-electron chi connectivity index (χ3n) is 10.1. The molecule has 7 rings (SSSR count). The molecule has 15 nitrogen and oxygen atoms in total. The van der Waals surface area contributed by atoms with E-state index in [1.54, 1.807) is 25.3 Å². The molecule has 4 heterocycles. The predicted octanol–water partition coefficient (Wildman–Crippen LogP) is 2.38. The van der Waals surface area contributed by atoms with Crippen LogP contribution in [0.4, 0.5) is 0 Å². The highest BCUT2D eigenvalue weighted by Crippen LogP contribution is 2.64. The van der Waals surface area contributed by atoms with Crippen LogP contribution in [0.1, 0.15) is 29.6 Å². The molecule has 268 valence electrons. The first-order chi connectivity index (χ1) is 24.3. The lowest BCUT2D eigenvalue weighted by molar-refractivity contribution is -0.138. The Bertz CT molecular complexity index is 2380. The summed E-state index contributed by atoms with van der Waals surface area (Å²) in [6, 6.07) is 6.63. The van der Waals surface area contributed by atoms with Crippen LogP contribution in [0, 0.1) is 0 Å². The van der Waals surface area contributed by atoms with Gasteiger partial charge < -0.3 is 23.9 Å². The number of aryl methyl sites for hydroxylation is 2. The Morgan fingerprint density at radius 3 is 2.35 bits per heavy atom. The minimum Gasteiger partial charge on any atom is -0.508 e. The van der Waals surface area contributed by atoms with Crippen molar-refractivity contribution in [2.75, 3.05) is 26.8 Å². The number of amides is 2. The lowest BCUT2D eigenvalue weighted by Crippen LogP contribution is -2.59. The smallest absolute Gasteiger partial charge is 0.347 e. The standard InChI is InChI=1S/C33H31BrCl2N6O9/c1-38-21-13-25(51-4)24(50-3)12-20(21)37-19(27(38)44)8-9-39-30(47)41-10-7-17-22(42(41)31(39)48)14-32(35)28(45)40(15-34)29(46)33(32,36)26(17)18-11-16(49-2)5-6-23(18)43/h5-7,11-13,22,26,43H,8-10,14-15H2,1-4H3/t22-,26-,32-,33+/m1/s1. The van der Waals surface area contributed by atoms with Crippen molar-refractivity contribution in [3.05, 3.63) is 84.6 Å². The number of alkyl halides is 3. The Hall–Kier alpha value is -4.54. The van der Waals surface area contributed by atoms with Crippen LogP contribution in [0.2, 0.25) is 0 Å². The summed E-state index contributed by atoms with van der Waals surface area (Å²) >= 11 is 17.6. The van der Waals surface area contributed by atoms with Gasteiger partial charge in [-0.1, -0.05) is 22.0 Å². The molecule has 2 aromatic heterocycles. The van der Waals surface area contributed by atoms with Crippen LogP contribution >= 0.6 is 39.1 Å². The number of halogens is 3. The zero-order valence-electron chi connectivity index (χ0n) is 27.7. The molecule has 1 aliphatic carbocycles. The number of methoxy groups -OCH3 is 3. The lowest BCUT2D eigenvalue weighted by atomic mass is 9.64. The SMILES string of the molecule is COc1ccc(O)c([C@H]2C3=CCn4c(=O)n(CCc5nc6cc(OC)c(OC)cc6n(C)c5=O)c(=O)n4[C@@H]3C[C@@]3(Cl)C(=O)N(CBr)C(=O)[C@@]23Cl)c1. The van der Waals surface area contributed by atoms with Crippen LogP contribution in [0.5, 0.6) is 23.0 Å². The van der Waals surface area contributed by atoms with Crippen LogP contribution in [-0.2, 0) is 36.1 Å². The largest absolute Gasteiger partial charge is 0.508 e. The highest BCUT2D eigenvalue weighted by atomic mass is 79.9. The van der Waals surface area contributed by atoms with Gasteiger partial charge in [0.05, 0.1) is 50.4 Å². The van der Waals surface area contributed by atoms with E-state index in [0.29, 0.717) is 33.9 Å². The molecule has 2 amide bonds. The first-order valence-corrected chi connectivity index (χ1v) is 17.6. The summed E-state index contributed by atoms with van der Waals surface area (Å²) in [5.41, 5.74) is -0.404. The predicted molar refractivity (Wildman–Crippen MR) is 189 cm³/mol. The van der Waals surface area contributed by atoms with Gasteiger partial charge in [-0.2, -0.15) is 0 Å². The maximum absolute atomic E-state index is 14.2. The first kappa shape index (κ1) is 34.9. The van der Waals surface area contributed by atoms with E-state index in [9.17, 15) is 29.1 Å². The number of aromatic nitrogens is 5. The maximum Gasteiger partial charge on any atom is 0.347 e. The maximum atomic E-state index is 14.2. The molecule has 2 aromatic carbocycles. The number of rotatable bonds is 8. The summed E-state index contributed by atoms with van der Waals surface area (Å²) in [6.45, 7) is -0.299. The molecule has 2 aliphatic heterocycles. The molecule has 0 radical (unpaired) electrons. The molecular weight excluding hydrogens is 775 g/mol. The van der Waals surface area contributed by atoms with E-state index in [-0.39, 0.29) is 48.4 Å². The van der Waals surface area contributed by atoms with Gasteiger partial charge >= 0.3 is 11.4 Å². The fourth-order valence-electron chi connectivity index (χ4n) is 7.58. The Morgan fingerprint density at radius 2 is 1.69 bits per heavy atom. The summed E-state index contributed by atoms with van der Waals surface area (Å²) in [7, 11) is 5.97. The molecule has 51 heavy (non-hydrogen) atoms. The van der Waals surface area contributed by atoms with Crippen LogP contribution in [-0.4, -0.2) is 81.8 Å². The molecule has 3 aliphatic rings. The van der Waals surface area contributed by atoms with Gasteiger partial charge in [0.1, 0.15) is 17.2 Å². The highest BCUT2D eigenvalue weighted by Gasteiger charge is 2.75. The molecule has 2 fully saturated rings. The Morgan fingerprint density at radius 1 is 0.980 bits per heavy atom. The zero-order valence-corrected chi connectivity index (χ0v) is 30.8. The number of carbonyl (C=O) groups is 2. The van der Waals surface area contributed by atoms with E-state index >= 15 is 0 Å². The molecule has 1 saturated carbocycles. The monoisotopic (exact) mass is 804 g/mol. The minimum atomic E-state index is -2.12. The molecular formula is C33H31BrCl2N6O9. The number of likely N-dealkylation sites (tertiary alicyclic amines) is 1. The number of nitrogens with zero attached hydrogens (tertiary/aromatic N) is 6. The van der Waals surface area contributed by atoms with Gasteiger partial charge in [-0.3, -0.25) is 19.3 Å². The normalized spacial score (nSPS) is 23.9.